The van der Waals surface area contributed by atoms with Crippen LogP contribution >= 0.6 is 23.4 Å². The first-order valence-electron chi connectivity index (χ1n) is 7.78. The van der Waals surface area contributed by atoms with Crippen molar-refractivity contribution in [3.63, 3.8) is 0 Å². The van der Waals surface area contributed by atoms with Gasteiger partial charge < -0.3 is 14.6 Å². The molecule has 0 bridgehead atoms. The Hall–Kier alpha value is -2.13. The fourth-order valence-electron chi connectivity index (χ4n) is 1.98. The molecule has 0 aliphatic rings. The Balaban J connectivity index is 2.00. The molecule has 1 aromatic heterocycles. The van der Waals surface area contributed by atoms with Gasteiger partial charge in [-0.2, -0.15) is 0 Å². The average molecular weight is 401 g/mol. The number of hydrogen-bond acceptors (Lipinski definition) is 6. The number of nitrogens with one attached hydrogen (secondary N) is 1. The SMILES string of the molecule is CCOC(=O)Cc1nnc(S[C@@H](C)C(=O)Nc2ccc(F)cc2Cl)n1C. The van der Waals surface area contributed by atoms with Crippen molar-refractivity contribution in [3.8, 4) is 0 Å². The van der Waals surface area contributed by atoms with Crippen LogP contribution in [0.25, 0.3) is 0 Å². The summed E-state index contributed by atoms with van der Waals surface area (Å²) in [5, 5.41) is 10.7. The third kappa shape index (κ3) is 5.18. The van der Waals surface area contributed by atoms with Gasteiger partial charge in [-0.25, -0.2) is 4.39 Å². The lowest BCUT2D eigenvalue weighted by Crippen LogP contribution is -2.23. The Morgan fingerprint density at radius 1 is 1.42 bits per heavy atom. The van der Waals surface area contributed by atoms with E-state index in [0.29, 0.717) is 23.3 Å². The minimum atomic E-state index is -0.519. The standard InChI is InChI=1S/C16H18ClFN4O3S/c1-4-25-14(23)8-13-20-21-16(22(13)3)26-9(2)15(24)19-12-6-5-10(18)7-11(12)17/h5-7,9H,4,8H2,1-3H3,(H,19,24)/t9-/m0/s1. The molecule has 0 spiro atoms. The first-order valence-corrected chi connectivity index (χ1v) is 9.04. The predicted octanol–water partition coefficient (Wildman–Crippen LogP) is 2.83. The number of thioether (sulfide) groups is 1. The monoisotopic (exact) mass is 400 g/mol. The number of rotatable bonds is 7. The molecular formula is C16H18ClFN4O3S. The second kappa shape index (κ2) is 9.00. The quantitative estimate of drug-likeness (QED) is 0.568. The maximum atomic E-state index is 13.1. The first kappa shape index (κ1) is 20.2. The van der Waals surface area contributed by atoms with Gasteiger partial charge in [-0.3, -0.25) is 9.59 Å². The van der Waals surface area contributed by atoms with Crippen molar-refractivity contribution in [1.29, 1.82) is 0 Å². The summed E-state index contributed by atoms with van der Waals surface area (Å²) in [5.74, 6) is -0.751. The van der Waals surface area contributed by atoms with Gasteiger partial charge in [0.05, 0.1) is 22.6 Å². The number of carbonyl (C=O) groups excluding carboxylic acids is 2. The zero-order chi connectivity index (χ0) is 19.3. The molecule has 0 aliphatic carbocycles. The van der Waals surface area contributed by atoms with Gasteiger partial charge in [-0.15, -0.1) is 10.2 Å². The number of ether oxygens (including phenoxy) is 1. The lowest BCUT2D eigenvalue weighted by molar-refractivity contribution is -0.142. The van der Waals surface area contributed by atoms with E-state index in [0.717, 1.165) is 6.07 Å². The van der Waals surface area contributed by atoms with Crippen molar-refractivity contribution in [2.75, 3.05) is 11.9 Å². The highest BCUT2D eigenvalue weighted by Gasteiger charge is 2.20. The Morgan fingerprint density at radius 2 is 2.15 bits per heavy atom. The van der Waals surface area contributed by atoms with Crippen molar-refractivity contribution in [1.82, 2.24) is 14.8 Å². The van der Waals surface area contributed by atoms with Crippen molar-refractivity contribution in [2.45, 2.75) is 30.7 Å². The molecule has 140 valence electrons. The molecule has 0 radical (unpaired) electrons. The van der Waals surface area contributed by atoms with Crippen LogP contribution in [-0.4, -0.2) is 38.5 Å². The molecule has 0 saturated heterocycles. The van der Waals surface area contributed by atoms with E-state index in [1.54, 1.807) is 25.5 Å². The summed E-state index contributed by atoms with van der Waals surface area (Å²) in [4.78, 5) is 23.9. The Bertz CT molecular complexity index is 815. The van der Waals surface area contributed by atoms with Crippen molar-refractivity contribution in [2.24, 2.45) is 7.05 Å². The van der Waals surface area contributed by atoms with Crippen LogP contribution in [0.5, 0.6) is 0 Å². The van der Waals surface area contributed by atoms with Gasteiger partial charge in [0.1, 0.15) is 18.1 Å². The van der Waals surface area contributed by atoms with Crippen molar-refractivity contribution < 1.29 is 18.7 Å². The van der Waals surface area contributed by atoms with E-state index in [9.17, 15) is 14.0 Å². The zero-order valence-electron chi connectivity index (χ0n) is 14.5. The molecule has 0 saturated carbocycles. The van der Waals surface area contributed by atoms with Crippen molar-refractivity contribution >= 4 is 40.9 Å². The molecule has 1 amide bonds. The van der Waals surface area contributed by atoms with Crippen molar-refractivity contribution in [3.05, 3.63) is 34.9 Å². The van der Waals surface area contributed by atoms with E-state index in [4.69, 9.17) is 16.3 Å². The third-order valence-corrected chi connectivity index (χ3v) is 4.82. The van der Waals surface area contributed by atoms with Crippen LogP contribution < -0.4 is 5.32 Å². The van der Waals surface area contributed by atoms with E-state index in [2.05, 4.69) is 15.5 Å². The van der Waals surface area contributed by atoms with Gasteiger partial charge in [0.15, 0.2) is 5.16 Å². The summed E-state index contributed by atoms with van der Waals surface area (Å²) in [6.45, 7) is 3.71. The molecule has 2 rings (SSSR count). The first-order chi connectivity index (χ1) is 12.3. The van der Waals surface area contributed by atoms with Crippen LogP contribution in [0.15, 0.2) is 23.4 Å². The predicted molar refractivity (Wildman–Crippen MR) is 96.7 cm³/mol. The second-order valence-corrected chi connectivity index (χ2v) is 7.03. The summed E-state index contributed by atoms with van der Waals surface area (Å²) in [5.41, 5.74) is 0.325. The number of anilines is 1. The highest BCUT2D eigenvalue weighted by Crippen LogP contribution is 2.26. The Kier molecular flexibility index (Phi) is 6.98. The van der Waals surface area contributed by atoms with E-state index < -0.39 is 17.0 Å². The lowest BCUT2D eigenvalue weighted by Gasteiger charge is -2.12. The highest BCUT2D eigenvalue weighted by molar-refractivity contribution is 8.00. The molecule has 1 heterocycles. The molecule has 0 unspecified atom stereocenters. The second-order valence-electron chi connectivity index (χ2n) is 5.31. The van der Waals surface area contributed by atoms with Crippen LogP contribution in [0.4, 0.5) is 10.1 Å². The number of carbonyl (C=O) groups is 2. The maximum absolute atomic E-state index is 13.1. The molecule has 10 heteroatoms. The minimum Gasteiger partial charge on any atom is -0.466 e. The maximum Gasteiger partial charge on any atom is 0.313 e. The van der Waals surface area contributed by atoms with Crippen LogP contribution in [0.2, 0.25) is 5.02 Å². The molecule has 1 N–H and O–H groups in total. The van der Waals surface area contributed by atoms with E-state index >= 15 is 0 Å². The molecular weight excluding hydrogens is 383 g/mol. The number of nitrogens with zero attached hydrogens (tertiary/aromatic N) is 3. The van der Waals surface area contributed by atoms with E-state index in [1.807, 2.05) is 0 Å². The van der Waals surface area contributed by atoms with Crippen LogP contribution in [0, 0.1) is 5.82 Å². The van der Waals surface area contributed by atoms with Gasteiger partial charge in [0.2, 0.25) is 5.91 Å². The van der Waals surface area contributed by atoms with Gasteiger partial charge in [-0.05, 0) is 32.0 Å². The lowest BCUT2D eigenvalue weighted by atomic mass is 10.3. The number of benzene rings is 1. The fraction of sp³-hybridized carbons (Fsp3) is 0.375. The topological polar surface area (TPSA) is 86.1 Å². The van der Waals surface area contributed by atoms with Gasteiger partial charge in [0.25, 0.3) is 0 Å². The van der Waals surface area contributed by atoms with Gasteiger partial charge in [0, 0.05) is 7.05 Å². The minimum absolute atomic E-state index is 0.00364. The summed E-state index contributed by atoms with van der Waals surface area (Å²) >= 11 is 7.09. The molecule has 7 nitrogen and oxygen atoms in total. The third-order valence-electron chi connectivity index (χ3n) is 3.37. The molecule has 1 aromatic carbocycles. The molecule has 1 atom stereocenters. The van der Waals surface area contributed by atoms with Gasteiger partial charge in [-0.1, -0.05) is 23.4 Å². The molecule has 26 heavy (non-hydrogen) atoms. The van der Waals surface area contributed by atoms with Crippen LogP contribution in [-0.2, 0) is 27.8 Å². The van der Waals surface area contributed by atoms with Crippen LogP contribution in [0.3, 0.4) is 0 Å². The Morgan fingerprint density at radius 3 is 2.81 bits per heavy atom. The summed E-state index contributed by atoms with van der Waals surface area (Å²) in [7, 11) is 1.71. The summed E-state index contributed by atoms with van der Waals surface area (Å²) in [6, 6.07) is 3.73. The number of esters is 1. The number of aromatic nitrogens is 3. The largest absolute Gasteiger partial charge is 0.466 e. The average Bonchev–Trinajstić information content (AvgIpc) is 2.90. The van der Waals surface area contributed by atoms with Crippen LogP contribution in [0.1, 0.15) is 19.7 Å². The van der Waals surface area contributed by atoms with E-state index in [-0.39, 0.29) is 17.4 Å². The summed E-state index contributed by atoms with van der Waals surface area (Å²) < 4.78 is 19.6. The fourth-order valence-corrected chi connectivity index (χ4v) is 3.03. The molecule has 2 aromatic rings. The zero-order valence-corrected chi connectivity index (χ0v) is 16.0. The number of hydrogen-bond donors (Lipinski definition) is 1. The summed E-state index contributed by atoms with van der Waals surface area (Å²) in [6.07, 6.45) is 0.00364. The molecule has 0 aliphatic heterocycles. The number of halogens is 2. The highest BCUT2D eigenvalue weighted by atomic mass is 35.5. The number of amides is 1. The van der Waals surface area contributed by atoms with Gasteiger partial charge >= 0.3 is 5.97 Å². The smallest absolute Gasteiger partial charge is 0.313 e. The normalized spacial score (nSPS) is 11.9. The van der Waals surface area contributed by atoms with E-state index in [1.165, 1.54) is 23.9 Å². The Labute approximate surface area is 159 Å². The molecule has 0 fully saturated rings.